The predicted octanol–water partition coefficient (Wildman–Crippen LogP) is 3.17. The summed E-state index contributed by atoms with van der Waals surface area (Å²) >= 11 is 0. The smallest absolute Gasteiger partial charge is 0.191 e. The first-order valence-corrected chi connectivity index (χ1v) is 10.3. The highest BCUT2D eigenvalue weighted by Crippen LogP contribution is 2.11. The molecular weight excluding hydrogens is 336 g/mol. The fourth-order valence-electron chi connectivity index (χ4n) is 3.25. The highest BCUT2D eigenvalue weighted by Gasteiger charge is 2.07. The van der Waals surface area contributed by atoms with Crippen molar-refractivity contribution in [1.29, 1.82) is 0 Å². The van der Waals surface area contributed by atoms with E-state index in [1.165, 1.54) is 13.0 Å². The normalized spacial score (nSPS) is 13.3. The molecule has 3 N–H and O–H groups in total. The number of fused-ring (bicyclic) bond motifs is 1. The lowest BCUT2D eigenvalue weighted by atomic mass is 10.2. The van der Waals surface area contributed by atoms with Crippen molar-refractivity contribution in [3.8, 4) is 0 Å². The van der Waals surface area contributed by atoms with E-state index in [1.54, 1.807) is 0 Å². The first-order chi connectivity index (χ1) is 13.2. The maximum Gasteiger partial charge on any atom is 0.191 e. The molecule has 0 bridgehead atoms. The van der Waals surface area contributed by atoms with Crippen molar-refractivity contribution in [3.05, 3.63) is 30.1 Å². The summed E-state index contributed by atoms with van der Waals surface area (Å²) in [5.74, 6) is 1.93. The summed E-state index contributed by atoms with van der Waals surface area (Å²) in [7, 11) is 1.83. The van der Waals surface area contributed by atoms with E-state index in [0.29, 0.717) is 6.04 Å². The Morgan fingerprint density at radius 1 is 1.22 bits per heavy atom. The van der Waals surface area contributed by atoms with E-state index < -0.39 is 0 Å². The van der Waals surface area contributed by atoms with E-state index in [2.05, 4.69) is 57.3 Å². The quantitative estimate of drug-likeness (QED) is 0.322. The van der Waals surface area contributed by atoms with Crippen LogP contribution in [0.25, 0.3) is 11.0 Å². The molecule has 1 aromatic carbocycles. The molecule has 0 saturated carbocycles. The van der Waals surface area contributed by atoms with Crippen LogP contribution >= 0.6 is 0 Å². The Kier molecular flexibility index (Phi) is 9.11. The predicted molar refractivity (Wildman–Crippen MR) is 115 cm³/mol. The number of aromatic amines is 1. The van der Waals surface area contributed by atoms with E-state index in [-0.39, 0.29) is 0 Å². The maximum atomic E-state index is 4.63. The lowest BCUT2D eigenvalue weighted by Gasteiger charge is -2.21. The number of benzene rings is 1. The Morgan fingerprint density at radius 3 is 2.70 bits per heavy atom. The SMILES string of the molecule is CCN(CC)CCCC(C)NC(=NC)NCCCc1nc2ccccc2[nH]1. The molecule has 1 unspecified atom stereocenters. The number of para-hydroxylation sites is 2. The van der Waals surface area contributed by atoms with Crippen molar-refractivity contribution >= 4 is 17.0 Å². The molecule has 6 nitrogen and oxygen atoms in total. The molecule has 0 saturated heterocycles. The van der Waals surface area contributed by atoms with Gasteiger partial charge in [0, 0.05) is 26.1 Å². The van der Waals surface area contributed by atoms with Gasteiger partial charge in [0.05, 0.1) is 11.0 Å². The van der Waals surface area contributed by atoms with Crippen LogP contribution in [-0.4, -0.2) is 60.1 Å². The van der Waals surface area contributed by atoms with Gasteiger partial charge in [-0.05, 0) is 58.0 Å². The molecule has 2 rings (SSSR count). The molecule has 0 aliphatic rings. The zero-order valence-corrected chi connectivity index (χ0v) is 17.4. The summed E-state index contributed by atoms with van der Waals surface area (Å²) in [6.07, 6.45) is 4.30. The van der Waals surface area contributed by atoms with E-state index in [0.717, 1.165) is 61.7 Å². The molecule has 0 aliphatic heterocycles. The third-order valence-electron chi connectivity index (χ3n) is 4.93. The fourth-order valence-corrected chi connectivity index (χ4v) is 3.25. The Bertz CT molecular complexity index is 656. The second kappa shape index (κ2) is 11.6. The summed E-state index contributed by atoms with van der Waals surface area (Å²) in [5, 5.41) is 6.91. The summed E-state index contributed by atoms with van der Waals surface area (Å²) in [4.78, 5) is 14.8. The van der Waals surface area contributed by atoms with Crippen LogP contribution in [0.15, 0.2) is 29.3 Å². The number of nitrogens with zero attached hydrogens (tertiary/aromatic N) is 3. The molecule has 27 heavy (non-hydrogen) atoms. The summed E-state index contributed by atoms with van der Waals surface area (Å²) in [5.41, 5.74) is 2.15. The Morgan fingerprint density at radius 2 is 2.00 bits per heavy atom. The zero-order chi connectivity index (χ0) is 19.5. The lowest BCUT2D eigenvalue weighted by Crippen LogP contribution is -2.42. The average Bonchev–Trinajstić information content (AvgIpc) is 3.10. The van der Waals surface area contributed by atoms with Crippen molar-refractivity contribution in [2.75, 3.05) is 33.2 Å². The number of hydrogen-bond donors (Lipinski definition) is 3. The van der Waals surface area contributed by atoms with Gasteiger partial charge < -0.3 is 20.5 Å². The summed E-state index contributed by atoms with van der Waals surface area (Å²) in [6.45, 7) is 11.0. The van der Waals surface area contributed by atoms with Gasteiger partial charge in [0.25, 0.3) is 0 Å². The Hall–Kier alpha value is -2.08. The van der Waals surface area contributed by atoms with E-state index >= 15 is 0 Å². The molecule has 0 fully saturated rings. The highest BCUT2D eigenvalue weighted by atomic mass is 15.2. The number of aryl methyl sites for hydroxylation is 1. The molecule has 150 valence electrons. The largest absolute Gasteiger partial charge is 0.356 e. The van der Waals surface area contributed by atoms with Gasteiger partial charge in [0.1, 0.15) is 5.82 Å². The molecule has 1 aromatic heterocycles. The minimum Gasteiger partial charge on any atom is -0.356 e. The minimum atomic E-state index is 0.419. The number of guanidine groups is 1. The van der Waals surface area contributed by atoms with Gasteiger partial charge in [-0.3, -0.25) is 4.99 Å². The van der Waals surface area contributed by atoms with Gasteiger partial charge >= 0.3 is 0 Å². The molecule has 1 heterocycles. The van der Waals surface area contributed by atoms with Gasteiger partial charge in [0.15, 0.2) is 5.96 Å². The topological polar surface area (TPSA) is 68.3 Å². The number of H-pyrrole nitrogens is 1. The minimum absolute atomic E-state index is 0.419. The number of hydrogen-bond acceptors (Lipinski definition) is 3. The van der Waals surface area contributed by atoms with E-state index in [4.69, 9.17) is 0 Å². The fraction of sp³-hybridized carbons (Fsp3) is 0.619. The van der Waals surface area contributed by atoms with Crippen LogP contribution in [0.2, 0.25) is 0 Å². The first-order valence-electron chi connectivity index (χ1n) is 10.3. The standard InChI is InChI=1S/C21H36N6/c1-5-27(6-2)16-10-11-17(3)24-21(22-4)23-15-9-14-20-25-18-12-7-8-13-19(18)26-20/h7-8,12-13,17H,5-6,9-11,14-16H2,1-4H3,(H,25,26)(H2,22,23,24). The first kappa shape index (κ1) is 21.2. The number of aliphatic imine (C=N–C) groups is 1. The zero-order valence-electron chi connectivity index (χ0n) is 17.4. The number of imidazole rings is 1. The summed E-state index contributed by atoms with van der Waals surface area (Å²) in [6, 6.07) is 8.58. The van der Waals surface area contributed by atoms with Crippen LogP contribution in [0.1, 0.15) is 45.9 Å². The van der Waals surface area contributed by atoms with Gasteiger partial charge in [-0.15, -0.1) is 0 Å². The highest BCUT2D eigenvalue weighted by molar-refractivity contribution is 5.79. The van der Waals surface area contributed by atoms with Crippen molar-refractivity contribution in [2.45, 2.75) is 52.5 Å². The average molecular weight is 373 g/mol. The van der Waals surface area contributed by atoms with Crippen molar-refractivity contribution in [1.82, 2.24) is 25.5 Å². The van der Waals surface area contributed by atoms with Crippen LogP contribution < -0.4 is 10.6 Å². The van der Waals surface area contributed by atoms with Gasteiger partial charge in [-0.25, -0.2) is 4.98 Å². The lowest BCUT2D eigenvalue weighted by molar-refractivity contribution is 0.292. The van der Waals surface area contributed by atoms with E-state index in [9.17, 15) is 0 Å². The van der Waals surface area contributed by atoms with Crippen LogP contribution in [-0.2, 0) is 6.42 Å². The molecule has 0 radical (unpaired) electrons. The van der Waals surface area contributed by atoms with Gasteiger partial charge in [-0.2, -0.15) is 0 Å². The van der Waals surface area contributed by atoms with Crippen LogP contribution in [0.3, 0.4) is 0 Å². The second-order valence-corrected chi connectivity index (χ2v) is 7.02. The summed E-state index contributed by atoms with van der Waals surface area (Å²) < 4.78 is 0. The third kappa shape index (κ3) is 7.21. The van der Waals surface area contributed by atoms with Crippen molar-refractivity contribution in [3.63, 3.8) is 0 Å². The molecule has 0 amide bonds. The molecule has 0 spiro atoms. The van der Waals surface area contributed by atoms with Crippen LogP contribution in [0.4, 0.5) is 0 Å². The van der Waals surface area contributed by atoms with Gasteiger partial charge in [-0.1, -0.05) is 26.0 Å². The molecule has 2 aromatic rings. The molecule has 1 atom stereocenters. The van der Waals surface area contributed by atoms with Gasteiger partial charge in [0.2, 0.25) is 0 Å². The van der Waals surface area contributed by atoms with E-state index in [1.807, 2.05) is 25.2 Å². The Labute approximate surface area is 163 Å². The number of aromatic nitrogens is 2. The second-order valence-electron chi connectivity index (χ2n) is 7.02. The van der Waals surface area contributed by atoms with Crippen LogP contribution in [0, 0.1) is 0 Å². The maximum absolute atomic E-state index is 4.63. The van der Waals surface area contributed by atoms with Crippen molar-refractivity contribution < 1.29 is 0 Å². The molecule has 0 aliphatic carbocycles. The number of nitrogens with one attached hydrogen (secondary N) is 3. The van der Waals surface area contributed by atoms with Crippen LogP contribution in [0.5, 0.6) is 0 Å². The molecule has 6 heteroatoms. The monoisotopic (exact) mass is 372 g/mol. The third-order valence-corrected chi connectivity index (χ3v) is 4.93. The molecular formula is C21H36N6. The van der Waals surface area contributed by atoms with Crippen molar-refractivity contribution in [2.24, 2.45) is 4.99 Å². The Balaban J connectivity index is 1.64. The number of rotatable bonds is 11.